The highest BCUT2D eigenvalue weighted by Crippen LogP contribution is 2.20. The highest BCUT2D eigenvalue weighted by Gasteiger charge is 2.24. The SMILES string of the molecule is O=C(CS(=O)(=O)Cc1nc(-c2ccc(Cl)cc2)no1)NC1CCCC1. The predicted octanol–water partition coefficient (Wildman–Crippen LogP) is 2.36. The maximum Gasteiger partial charge on any atom is 0.242 e. The largest absolute Gasteiger partial charge is 0.352 e. The molecule has 0 saturated heterocycles. The van der Waals surface area contributed by atoms with E-state index < -0.39 is 27.3 Å². The summed E-state index contributed by atoms with van der Waals surface area (Å²) in [6.07, 6.45) is 3.93. The lowest BCUT2D eigenvalue weighted by Crippen LogP contribution is -2.37. The number of hydrogen-bond acceptors (Lipinski definition) is 6. The lowest BCUT2D eigenvalue weighted by atomic mass is 10.2. The fourth-order valence-electron chi connectivity index (χ4n) is 2.81. The van der Waals surface area contributed by atoms with Gasteiger partial charge in [0.05, 0.1) is 0 Å². The molecule has 0 atom stereocenters. The second kappa shape index (κ2) is 7.53. The van der Waals surface area contributed by atoms with E-state index >= 15 is 0 Å². The van der Waals surface area contributed by atoms with Gasteiger partial charge in [0.2, 0.25) is 17.6 Å². The Bertz CT molecular complexity index is 843. The van der Waals surface area contributed by atoms with Crippen LogP contribution in [-0.2, 0) is 20.4 Å². The van der Waals surface area contributed by atoms with Crippen molar-refractivity contribution < 1.29 is 17.7 Å². The van der Waals surface area contributed by atoms with Gasteiger partial charge in [-0.25, -0.2) is 8.42 Å². The lowest BCUT2D eigenvalue weighted by molar-refractivity contribution is -0.119. The zero-order valence-electron chi connectivity index (χ0n) is 13.4. The van der Waals surface area contributed by atoms with E-state index in [1.807, 2.05) is 0 Å². The van der Waals surface area contributed by atoms with Gasteiger partial charge < -0.3 is 9.84 Å². The lowest BCUT2D eigenvalue weighted by Gasteiger charge is -2.11. The molecule has 25 heavy (non-hydrogen) atoms. The Balaban J connectivity index is 1.60. The molecule has 0 spiro atoms. The fourth-order valence-corrected chi connectivity index (χ4v) is 4.01. The molecule has 2 aromatic rings. The van der Waals surface area contributed by atoms with Crippen LogP contribution in [0.4, 0.5) is 0 Å². The Morgan fingerprint density at radius 3 is 2.60 bits per heavy atom. The van der Waals surface area contributed by atoms with E-state index in [0.717, 1.165) is 25.7 Å². The van der Waals surface area contributed by atoms with Gasteiger partial charge in [0.25, 0.3) is 0 Å². The zero-order valence-corrected chi connectivity index (χ0v) is 15.0. The van der Waals surface area contributed by atoms with E-state index in [4.69, 9.17) is 16.1 Å². The van der Waals surface area contributed by atoms with Gasteiger partial charge in [0.1, 0.15) is 11.5 Å². The number of nitrogens with zero attached hydrogens (tertiary/aromatic N) is 2. The Morgan fingerprint density at radius 2 is 1.92 bits per heavy atom. The predicted molar refractivity (Wildman–Crippen MR) is 92.6 cm³/mol. The van der Waals surface area contributed by atoms with Crippen LogP contribution in [0.2, 0.25) is 5.02 Å². The Kier molecular flexibility index (Phi) is 5.39. The van der Waals surface area contributed by atoms with Crippen LogP contribution in [-0.4, -0.2) is 36.3 Å². The number of carbonyl (C=O) groups is 1. The summed E-state index contributed by atoms with van der Waals surface area (Å²) < 4.78 is 29.3. The van der Waals surface area contributed by atoms with Crippen molar-refractivity contribution >= 4 is 27.3 Å². The minimum atomic E-state index is -3.68. The first kappa shape index (κ1) is 17.9. The number of nitrogens with one attached hydrogen (secondary N) is 1. The van der Waals surface area contributed by atoms with Crippen molar-refractivity contribution in [2.24, 2.45) is 0 Å². The molecule has 1 fully saturated rings. The van der Waals surface area contributed by atoms with Crippen LogP contribution in [0.25, 0.3) is 11.4 Å². The molecule has 1 aromatic carbocycles. The van der Waals surface area contributed by atoms with Gasteiger partial charge in [0, 0.05) is 16.6 Å². The van der Waals surface area contributed by atoms with Crippen molar-refractivity contribution in [3.63, 3.8) is 0 Å². The number of amides is 1. The molecular weight excluding hydrogens is 366 g/mol. The third-order valence-electron chi connectivity index (χ3n) is 3.99. The molecule has 9 heteroatoms. The molecule has 1 aliphatic carbocycles. The first-order valence-corrected chi connectivity index (χ1v) is 10.2. The van der Waals surface area contributed by atoms with Crippen molar-refractivity contribution in [1.82, 2.24) is 15.5 Å². The topological polar surface area (TPSA) is 102 Å². The van der Waals surface area contributed by atoms with E-state index in [2.05, 4.69) is 15.5 Å². The number of aromatic nitrogens is 2. The van der Waals surface area contributed by atoms with Gasteiger partial charge in [-0.2, -0.15) is 4.98 Å². The third kappa shape index (κ3) is 5.02. The number of carbonyl (C=O) groups excluding carboxylic acids is 1. The standard InChI is InChI=1S/C16H18ClN3O4S/c17-12-7-5-11(6-8-12)16-19-15(24-20-16)10-25(22,23)9-14(21)18-13-3-1-2-4-13/h5-8,13H,1-4,9-10H2,(H,18,21). The summed E-state index contributed by atoms with van der Waals surface area (Å²) in [6, 6.07) is 6.86. The number of hydrogen-bond donors (Lipinski definition) is 1. The minimum absolute atomic E-state index is 0.0429. The van der Waals surface area contributed by atoms with E-state index in [1.165, 1.54) is 0 Å². The zero-order chi connectivity index (χ0) is 17.9. The minimum Gasteiger partial charge on any atom is -0.352 e. The average molecular weight is 384 g/mol. The first-order valence-electron chi connectivity index (χ1n) is 7.99. The summed E-state index contributed by atoms with van der Waals surface area (Å²) >= 11 is 5.82. The number of rotatable bonds is 6. The number of sulfone groups is 1. The highest BCUT2D eigenvalue weighted by molar-refractivity contribution is 7.91. The van der Waals surface area contributed by atoms with Crippen LogP contribution >= 0.6 is 11.6 Å². The number of halogens is 1. The quantitative estimate of drug-likeness (QED) is 0.821. The van der Waals surface area contributed by atoms with Gasteiger partial charge in [0.15, 0.2) is 9.84 Å². The van der Waals surface area contributed by atoms with Crippen molar-refractivity contribution in [3.05, 3.63) is 35.2 Å². The maximum atomic E-state index is 12.2. The third-order valence-corrected chi connectivity index (χ3v) is 5.63. The average Bonchev–Trinajstić information content (AvgIpc) is 3.19. The van der Waals surface area contributed by atoms with Crippen LogP contribution in [0, 0.1) is 0 Å². The number of benzene rings is 1. The normalized spacial score (nSPS) is 15.4. The maximum absolute atomic E-state index is 12.2. The Labute approximate surface area is 150 Å². The van der Waals surface area contributed by atoms with Crippen molar-refractivity contribution in [2.75, 3.05) is 5.75 Å². The summed E-state index contributed by atoms with van der Waals surface area (Å²) in [5, 5.41) is 7.10. The van der Waals surface area contributed by atoms with Crippen LogP contribution in [0.3, 0.4) is 0 Å². The van der Waals surface area contributed by atoms with Crippen molar-refractivity contribution in [2.45, 2.75) is 37.5 Å². The van der Waals surface area contributed by atoms with E-state index in [9.17, 15) is 13.2 Å². The molecule has 1 N–H and O–H groups in total. The van der Waals surface area contributed by atoms with E-state index in [-0.39, 0.29) is 17.8 Å². The van der Waals surface area contributed by atoms with Gasteiger partial charge in [-0.3, -0.25) is 4.79 Å². The monoisotopic (exact) mass is 383 g/mol. The summed E-state index contributed by atoms with van der Waals surface area (Å²) in [5.41, 5.74) is 0.663. The Hall–Kier alpha value is -1.93. The van der Waals surface area contributed by atoms with Gasteiger partial charge in [-0.1, -0.05) is 29.6 Å². The van der Waals surface area contributed by atoms with Crippen LogP contribution < -0.4 is 5.32 Å². The van der Waals surface area contributed by atoms with Gasteiger partial charge in [-0.15, -0.1) is 0 Å². The summed E-state index contributed by atoms with van der Waals surface area (Å²) in [7, 11) is -3.68. The molecule has 0 bridgehead atoms. The van der Waals surface area contributed by atoms with Crippen LogP contribution in [0.15, 0.2) is 28.8 Å². The summed E-state index contributed by atoms with van der Waals surface area (Å²) in [6.45, 7) is 0. The fraction of sp³-hybridized carbons (Fsp3) is 0.438. The van der Waals surface area contributed by atoms with Crippen LogP contribution in [0.5, 0.6) is 0 Å². The van der Waals surface area contributed by atoms with E-state index in [0.29, 0.717) is 10.6 Å². The molecular formula is C16H18ClN3O4S. The van der Waals surface area contributed by atoms with Gasteiger partial charge in [-0.05, 0) is 37.1 Å². The molecule has 1 aliphatic rings. The van der Waals surface area contributed by atoms with Crippen molar-refractivity contribution in [3.8, 4) is 11.4 Å². The Morgan fingerprint density at radius 1 is 1.24 bits per heavy atom. The second-order valence-electron chi connectivity index (χ2n) is 6.10. The molecule has 1 heterocycles. The second-order valence-corrected chi connectivity index (χ2v) is 8.60. The molecule has 3 rings (SSSR count). The molecule has 1 amide bonds. The molecule has 1 saturated carbocycles. The van der Waals surface area contributed by atoms with E-state index in [1.54, 1.807) is 24.3 Å². The molecule has 134 valence electrons. The van der Waals surface area contributed by atoms with Crippen molar-refractivity contribution in [1.29, 1.82) is 0 Å². The summed E-state index contributed by atoms with van der Waals surface area (Å²) in [5.74, 6) is -1.30. The molecule has 1 aromatic heterocycles. The van der Waals surface area contributed by atoms with Gasteiger partial charge >= 0.3 is 0 Å². The first-order chi connectivity index (χ1) is 11.9. The smallest absolute Gasteiger partial charge is 0.242 e. The molecule has 0 radical (unpaired) electrons. The molecule has 7 nitrogen and oxygen atoms in total. The van der Waals surface area contributed by atoms with Crippen LogP contribution in [0.1, 0.15) is 31.6 Å². The highest BCUT2D eigenvalue weighted by atomic mass is 35.5. The molecule has 0 aliphatic heterocycles. The molecule has 0 unspecified atom stereocenters. The summed E-state index contributed by atoms with van der Waals surface area (Å²) in [4.78, 5) is 16.0.